The van der Waals surface area contributed by atoms with E-state index in [2.05, 4.69) is 120 Å². The molecule has 12 aromatic rings. The van der Waals surface area contributed by atoms with Crippen LogP contribution in [-0.4, -0.2) is 29.5 Å². The molecule has 0 N–H and O–H groups in total. The molecule has 0 aliphatic carbocycles. The van der Waals surface area contributed by atoms with Crippen LogP contribution < -0.4 is 0 Å². The molecule has 0 saturated heterocycles. The molecule has 0 bridgehead atoms. The molecule has 7 nitrogen and oxygen atoms in total. The second-order valence-electron chi connectivity index (χ2n) is 14.9. The van der Waals surface area contributed by atoms with E-state index in [1.54, 1.807) is 0 Å². The van der Waals surface area contributed by atoms with Crippen molar-refractivity contribution < 1.29 is 4.42 Å². The Hall–Kier alpha value is -8.29. The smallest absolute Gasteiger partial charge is 0.227 e. The molecule has 0 amide bonds. The summed E-state index contributed by atoms with van der Waals surface area (Å²) in [5.74, 6) is 2.38. The highest BCUT2D eigenvalue weighted by Gasteiger charge is 2.19. The molecule has 0 aliphatic rings. The van der Waals surface area contributed by atoms with Crippen LogP contribution in [-0.2, 0) is 0 Å². The van der Waals surface area contributed by atoms with Gasteiger partial charge in [0.15, 0.2) is 23.1 Å². The van der Waals surface area contributed by atoms with E-state index in [0.29, 0.717) is 23.4 Å². The number of aromatic nitrogens is 6. The van der Waals surface area contributed by atoms with Gasteiger partial charge in [-0.1, -0.05) is 140 Å². The number of hydrogen-bond donors (Lipinski definition) is 0. The number of oxazole rings is 1. The Morgan fingerprint density at radius 1 is 0.367 bits per heavy atom. The minimum absolute atomic E-state index is 0.585. The van der Waals surface area contributed by atoms with Crippen molar-refractivity contribution in [1.82, 2.24) is 29.5 Å². The van der Waals surface area contributed by atoms with Gasteiger partial charge in [0, 0.05) is 60.4 Å². The second kappa shape index (κ2) is 13.7. The first-order chi connectivity index (χ1) is 29.7. The molecule has 0 saturated carbocycles. The Bertz CT molecular complexity index is 3540. The van der Waals surface area contributed by atoms with Gasteiger partial charge in [-0.2, -0.15) is 0 Å². The quantitative estimate of drug-likeness (QED) is 0.157. The van der Waals surface area contributed by atoms with Gasteiger partial charge in [0.25, 0.3) is 0 Å². The van der Waals surface area contributed by atoms with Gasteiger partial charge in [-0.15, -0.1) is 0 Å². The van der Waals surface area contributed by atoms with Crippen LogP contribution in [0.25, 0.3) is 117 Å². The Labute approximate surface area is 343 Å². The molecule has 60 heavy (non-hydrogen) atoms. The van der Waals surface area contributed by atoms with Gasteiger partial charge >= 0.3 is 0 Å². The highest BCUT2D eigenvalue weighted by Crippen LogP contribution is 2.39. The highest BCUT2D eigenvalue weighted by molar-refractivity contribution is 6.20. The molecule has 0 atom stereocenters. The van der Waals surface area contributed by atoms with Crippen molar-refractivity contribution >= 4 is 54.6 Å². The van der Waals surface area contributed by atoms with E-state index in [-0.39, 0.29) is 0 Å². The Kier molecular flexibility index (Phi) is 7.71. The average Bonchev–Trinajstić information content (AvgIpc) is 3.92. The van der Waals surface area contributed by atoms with E-state index in [1.165, 1.54) is 10.8 Å². The normalized spacial score (nSPS) is 11.7. The van der Waals surface area contributed by atoms with E-state index in [0.717, 1.165) is 83.0 Å². The summed E-state index contributed by atoms with van der Waals surface area (Å²) in [6.07, 6.45) is 0. The molecule has 12 rings (SSSR count). The van der Waals surface area contributed by atoms with Gasteiger partial charge < -0.3 is 8.98 Å². The van der Waals surface area contributed by atoms with Crippen molar-refractivity contribution in [3.63, 3.8) is 0 Å². The van der Waals surface area contributed by atoms with Crippen molar-refractivity contribution in [1.29, 1.82) is 0 Å². The van der Waals surface area contributed by atoms with Crippen LogP contribution in [0.4, 0.5) is 0 Å². The molecule has 280 valence electrons. The maximum atomic E-state index is 6.31. The Balaban J connectivity index is 0.983. The van der Waals surface area contributed by atoms with Gasteiger partial charge in [0.05, 0.1) is 22.2 Å². The Morgan fingerprint density at radius 2 is 0.917 bits per heavy atom. The molecule has 8 aromatic carbocycles. The van der Waals surface area contributed by atoms with Crippen LogP contribution >= 0.6 is 0 Å². The van der Waals surface area contributed by atoms with Crippen molar-refractivity contribution in [2.24, 2.45) is 0 Å². The predicted molar refractivity (Wildman–Crippen MR) is 242 cm³/mol. The second-order valence-corrected chi connectivity index (χ2v) is 14.9. The minimum Gasteiger partial charge on any atom is -0.436 e. The zero-order valence-corrected chi connectivity index (χ0v) is 32.1. The molecule has 0 aliphatic heterocycles. The first-order valence-corrected chi connectivity index (χ1v) is 19.9. The minimum atomic E-state index is 0.585. The summed E-state index contributed by atoms with van der Waals surface area (Å²) in [4.78, 5) is 25.5. The van der Waals surface area contributed by atoms with Crippen LogP contribution in [0.15, 0.2) is 199 Å². The average molecular weight is 769 g/mol. The number of pyridine rings is 1. The molecule has 4 heterocycles. The third kappa shape index (κ3) is 5.56. The van der Waals surface area contributed by atoms with E-state index < -0.39 is 0 Å². The molecule has 0 spiro atoms. The van der Waals surface area contributed by atoms with E-state index in [4.69, 9.17) is 29.3 Å². The lowest BCUT2D eigenvalue weighted by Crippen LogP contribution is -2.01. The SMILES string of the molecule is c1ccc(-c2nc(-c3ccc(-c4nc5ccccc5c5c4ccc4oc(-c6ccccc6)nc45)cc3)nc(-c3cccc(-n4c5ccccc5c5ccccc54)c3)n2)cc1. The molecular formula is C53H32N6O. The number of rotatable bonds is 6. The zero-order chi connectivity index (χ0) is 39.6. The van der Waals surface area contributed by atoms with Crippen LogP contribution in [0.1, 0.15) is 0 Å². The Morgan fingerprint density at radius 3 is 1.62 bits per heavy atom. The van der Waals surface area contributed by atoms with Gasteiger partial charge in [-0.3, -0.25) is 0 Å². The topological polar surface area (TPSA) is 82.5 Å². The van der Waals surface area contributed by atoms with Gasteiger partial charge in [0.2, 0.25) is 5.89 Å². The molecule has 0 radical (unpaired) electrons. The van der Waals surface area contributed by atoms with Crippen LogP contribution in [0.3, 0.4) is 0 Å². The lowest BCUT2D eigenvalue weighted by atomic mass is 9.98. The molecular weight excluding hydrogens is 737 g/mol. The maximum Gasteiger partial charge on any atom is 0.227 e. The van der Waals surface area contributed by atoms with Crippen LogP contribution in [0, 0.1) is 0 Å². The largest absolute Gasteiger partial charge is 0.436 e. The summed E-state index contributed by atoms with van der Waals surface area (Å²) in [6, 6.07) is 66.3. The highest BCUT2D eigenvalue weighted by atomic mass is 16.3. The summed E-state index contributed by atoms with van der Waals surface area (Å²) < 4.78 is 8.63. The van der Waals surface area contributed by atoms with E-state index >= 15 is 0 Å². The van der Waals surface area contributed by atoms with Crippen molar-refractivity contribution in [3.05, 3.63) is 194 Å². The first kappa shape index (κ1) is 33.8. The van der Waals surface area contributed by atoms with Gasteiger partial charge in [0.1, 0.15) is 5.52 Å². The van der Waals surface area contributed by atoms with Gasteiger partial charge in [-0.05, 0) is 54.6 Å². The standard InChI is InChI=1S/C53H32N6O/c1-3-14-34(15-4-1)50-56-51(58-52(57-50)37-18-13-19-38(32-37)59-44-24-11-8-20-39(44)40-21-9-12-25-45(40)59)35-28-26-33(27-29-35)48-42-30-31-46-49(47(42)41-22-7-10-23-43(41)54-48)55-53(60-46)36-16-5-2-6-17-36/h1-32H. The van der Waals surface area contributed by atoms with Crippen LogP contribution in [0.5, 0.6) is 0 Å². The zero-order valence-electron chi connectivity index (χ0n) is 32.1. The van der Waals surface area contributed by atoms with E-state index in [1.807, 2.05) is 78.9 Å². The van der Waals surface area contributed by atoms with E-state index in [9.17, 15) is 0 Å². The summed E-state index contributed by atoms with van der Waals surface area (Å²) in [5.41, 5.74) is 11.2. The lowest BCUT2D eigenvalue weighted by molar-refractivity contribution is 0.620. The summed E-state index contributed by atoms with van der Waals surface area (Å²) in [7, 11) is 0. The molecule has 0 unspecified atom stereocenters. The molecule has 7 heteroatoms. The maximum absolute atomic E-state index is 6.31. The van der Waals surface area contributed by atoms with Crippen molar-refractivity contribution in [2.45, 2.75) is 0 Å². The summed E-state index contributed by atoms with van der Waals surface area (Å²) in [6.45, 7) is 0. The number of para-hydroxylation sites is 3. The monoisotopic (exact) mass is 768 g/mol. The molecule has 0 fully saturated rings. The fourth-order valence-corrected chi connectivity index (χ4v) is 8.46. The third-order valence-electron chi connectivity index (χ3n) is 11.3. The lowest BCUT2D eigenvalue weighted by Gasteiger charge is -2.12. The fourth-order valence-electron chi connectivity index (χ4n) is 8.46. The van der Waals surface area contributed by atoms with Crippen LogP contribution in [0.2, 0.25) is 0 Å². The van der Waals surface area contributed by atoms with Crippen molar-refractivity contribution in [3.8, 4) is 62.6 Å². The number of nitrogens with zero attached hydrogens (tertiary/aromatic N) is 6. The van der Waals surface area contributed by atoms with Crippen molar-refractivity contribution in [2.75, 3.05) is 0 Å². The number of fused-ring (bicyclic) bond motifs is 8. The predicted octanol–water partition coefficient (Wildman–Crippen LogP) is 13.1. The number of benzene rings is 8. The molecule has 4 aromatic heterocycles. The third-order valence-corrected chi connectivity index (χ3v) is 11.3. The summed E-state index contributed by atoms with van der Waals surface area (Å²) >= 11 is 0. The fraction of sp³-hybridized carbons (Fsp3) is 0. The van der Waals surface area contributed by atoms with Gasteiger partial charge in [-0.25, -0.2) is 24.9 Å². The summed E-state index contributed by atoms with van der Waals surface area (Å²) in [5, 5.41) is 5.47. The first-order valence-electron chi connectivity index (χ1n) is 19.9. The number of hydrogen-bond acceptors (Lipinski definition) is 6.